The zero-order chi connectivity index (χ0) is 63.5. The van der Waals surface area contributed by atoms with Crippen LogP contribution in [0.2, 0.25) is 0 Å². The van der Waals surface area contributed by atoms with Crippen molar-refractivity contribution in [3.05, 3.63) is 35.9 Å². The Morgan fingerprint density at radius 2 is 1.08 bits per heavy atom. The Labute approximate surface area is 492 Å². The molecule has 1 heterocycles. The van der Waals surface area contributed by atoms with Gasteiger partial charge in [-0.25, -0.2) is 4.79 Å². The zero-order valence-corrected chi connectivity index (χ0v) is 50.7. The molecule has 1 aromatic rings. The van der Waals surface area contributed by atoms with Crippen LogP contribution in [0.4, 0.5) is 0 Å². The summed E-state index contributed by atoms with van der Waals surface area (Å²) in [5.41, 5.74) is 6.28. The summed E-state index contributed by atoms with van der Waals surface area (Å²) < 4.78 is 5.70. The number of likely N-dealkylation sites (N-methyl/N-ethyl adjacent to an activating group) is 1. The normalized spacial score (nSPS) is 21.2. The minimum Gasteiger partial charge on any atom is -0.458 e. The lowest BCUT2D eigenvalue weighted by atomic mass is 9.96. The Bertz CT molecular complexity index is 2400. The number of hydrogen-bond acceptors (Lipinski definition) is 16. The number of rotatable bonds is 32. The first-order valence-electron chi connectivity index (χ1n) is 29.1. The predicted octanol–water partition coefficient (Wildman–Crippen LogP) is -2.14. The molecule has 0 aromatic heterocycles. The molecule has 84 heavy (non-hydrogen) atoms. The van der Waals surface area contributed by atoms with Crippen LogP contribution >= 0.6 is 0 Å². The molecule has 0 aliphatic carbocycles. The number of benzene rings is 1. The van der Waals surface area contributed by atoms with Gasteiger partial charge in [0.05, 0.1) is 19.3 Å². The van der Waals surface area contributed by atoms with Crippen LogP contribution in [0.1, 0.15) is 133 Å². The van der Waals surface area contributed by atoms with Crippen molar-refractivity contribution in [3.63, 3.8) is 0 Å². The monoisotopic (exact) mass is 1190 g/mol. The van der Waals surface area contributed by atoms with Gasteiger partial charge in [-0.3, -0.25) is 52.7 Å². The third kappa shape index (κ3) is 23.1. The molecule has 0 radical (unpaired) electrons. The van der Waals surface area contributed by atoms with E-state index in [4.69, 9.17) is 10.5 Å². The third-order valence-corrected chi connectivity index (χ3v) is 14.9. The smallest absolute Gasteiger partial charge is 0.329 e. The summed E-state index contributed by atoms with van der Waals surface area (Å²) in [7, 11) is 1.60. The zero-order valence-electron chi connectivity index (χ0n) is 50.7. The van der Waals surface area contributed by atoms with Gasteiger partial charge < -0.3 is 79.2 Å². The number of carbonyl (C=O) groups excluding carboxylic acids is 12. The van der Waals surface area contributed by atoms with Gasteiger partial charge in [0.25, 0.3) is 0 Å². The number of amides is 11. The number of carbonyl (C=O) groups is 12. The summed E-state index contributed by atoms with van der Waals surface area (Å²) in [5.74, 6) is -12.2. The van der Waals surface area contributed by atoms with Crippen LogP contribution < -0.4 is 64.2 Å². The van der Waals surface area contributed by atoms with E-state index in [1.54, 1.807) is 55.5 Å². The van der Waals surface area contributed by atoms with E-state index >= 15 is 0 Å². The van der Waals surface area contributed by atoms with Crippen LogP contribution in [-0.2, 0) is 68.7 Å². The summed E-state index contributed by atoms with van der Waals surface area (Å²) in [6.45, 7) is 16.3. The van der Waals surface area contributed by atoms with Gasteiger partial charge in [-0.05, 0) is 75.8 Å². The highest BCUT2D eigenvalue weighted by Gasteiger charge is 2.40. The summed E-state index contributed by atoms with van der Waals surface area (Å²) in [5, 5.41) is 49.2. The number of esters is 1. The lowest BCUT2D eigenvalue weighted by Crippen LogP contribution is -2.63. The second-order valence-electron chi connectivity index (χ2n) is 22.1. The first-order chi connectivity index (χ1) is 39.6. The fourth-order valence-electron chi connectivity index (χ4n) is 8.92. The first kappa shape index (κ1) is 72.8. The minimum absolute atomic E-state index is 0.0299. The van der Waals surface area contributed by atoms with Crippen molar-refractivity contribution in [1.82, 2.24) is 58.5 Å². The molecule has 11 amide bonds. The average molecular weight is 1190 g/mol. The van der Waals surface area contributed by atoms with Crippen molar-refractivity contribution in [2.45, 2.75) is 207 Å². The van der Waals surface area contributed by atoms with E-state index in [-0.39, 0.29) is 31.6 Å². The standard InChI is InChI=1S/C57H94N12O15/c1-13-20-36(61-48(74)37(23-24-42(58)72)62-52(78)40(27-70)64-55(81)44(31(8)15-3)67-50(76)38(59-12)26-35-21-18-17-19-22-35)49(75)66-43(30(7)14-2)54(80)65-41(28-71)53(79)69-46-34(11)84-57(83)45(32(9)16-4)68-51(77)39(25-29(5)6)63-47(73)33(10)60-56(46)82/h17-19,21-22,29-34,36-41,43-46,59,70-71H,13-16,20,23-28H2,1-12H3,(H2,58,72)(H,60,82)(H,61,74)(H,62,78)(H,63,73)(H,64,81)(H,65,80)(H,66,75)(H,67,76)(H,68,77)(H,69,79)/t30-,31-,32-,33-,34-,36+,37+,38+,39-,40-,41-,43-,44-,45-,46+/m0/s1. The maximum absolute atomic E-state index is 14.2. The molecule has 2 rings (SSSR count). The molecule has 27 nitrogen and oxygen atoms in total. The summed E-state index contributed by atoms with van der Waals surface area (Å²) in [6.07, 6.45) is -0.433. The average Bonchev–Trinajstić information content (AvgIpc) is 3.63. The highest BCUT2D eigenvalue weighted by Crippen LogP contribution is 2.17. The van der Waals surface area contributed by atoms with Gasteiger partial charge >= 0.3 is 5.97 Å². The number of nitrogens with two attached hydrogens (primary N) is 1. The quantitative estimate of drug-likeness (QED) is 0.0343. The molecule has 0 saturated carbocycles. The van der Waals surface area contributed by atoms with Crippen LogP contribution in [-0.4, -0.2) is 174 Å². The molecular weight excluding hydrogens is 1090 g/mol. The first-order valence-corrected chi connectivity index (χ1v) is 29.1. The molecule has 0 bridgehead atoms. The molecule has 1 fully saturated rings. The molecular formula is C57H94N12O15. The summed E-state index contributed by atoms with van der Waals surface area (Å²) >= 11 is 0. The van der Waals surface area contributed by atoms with Gasteiger partial charge in [-0.2, -0.15) is 0 Å². The SMILES string of the molecule is CCC[C@@H](NC(=O)[C@@H](CCC(N)=O)NC(=O)[C@H](CO)NC(=O)[C@@H](NC(=O)[C@@H](Cc1ccccc1)NC)[C@@H](C)CC)C(=O)N[C@H](C(=O)N[C@@H](CO)C(=O)N[C@H]1C(=O)N[C@@H](C)C(=O)N[C@@H](CC(C)C)C(=O)N[C@@H]([C@@H](C)CC)C(=O)O[C@H]1C)[C@@H](C)CC. The van der Waals surface area contributed by atoms with E-state index in [0.29, 0.717) is 19.3 Å². The van der Waals surface area contributed by atoms with Crippen molar-refractivity contribution in [2.24, 2.45) is 29.4 Å². The Morgan fingerprint density at radius 3 is 1.56 bits per heavy atom. The molecule has 0 unspecified atom stereocenters. The lowest BCUT2D eigenvalue weighted by molar-refractivity contribution is -0.157. The molecule has 1 aromatic carbocycles. The Morgan fingerprint density at radius 1 is 0.595 bits per heavy atom. The number of primary amides is 1. The Balaban J connectivity index is 2.37. The maximum atomic E-state index is 14.2. The summed E-state index contributed by atoms with van der Waals surface area (Å²) in [6, 6.07) is -5.91. The van der Waals surface area contributed by atoms with Crippen molar-refractivity contribution in [3.8, 4) is 0 Å². The Hall–Kier alpha value is -7.26. The number of ether oxygens (including phenoxy) is 1. The highest BCUT2D eigenvalue weighted by molar-refractivity contribution is 5.99. The second kappa shape index (κ2) is 36.4. The van der Waals surface area contributed by atoms with Gasteiger partial charge in [-0.15, -0.1) is 0 Å². The van der Waals surface area contributed by atoms with E-state index in [1.165, 1.54) is 13.8 Å². The predicted molar refractivity (Wildman–Crippen MR) is 309 cm³/mol. The molecule has 472 valence electrons. The number of aliphatic hydroxyl groups is 2. The molecule has 15 N–H and O–H groups in total. The highest BCUT2D eigenvalue weighted by atomic mass is 16.5. The third-order valence-electron chi connectivity index (χ3n) is 14.9. The van der Waals surface area contributed by atoms with Gasteiger partial charge in [0, 0.05) is 6.42 Å². The van der Waals surface area contributed by atoms with E-state index in [2.05, 4.69) is 58.5 Å². The number of aliphatic hydroxyl groups excluding tert-OH is 2. The van der Waals surface area contributed by atoms with E-state index in [1.807, 2.05) is 44.2 Å². The molecule has 27 heteroatoms. The molecule has 1 aliphatic heterocycles. The van der Waals surface area contributed by atoms with Gasteiger partial charge in [0.1, 0.15) is 66.5 Å². The topological polar surface area (TPSA) is 413 Å². The fraction of sp³-hybridized carbons (Fsp3) is 0.684. The van der Waals surface area contributed by atoms with Crippen molar-refractivity contribution >= 4 is 70.9 Å². The van der Waals surface area contributed by atoms with E-state index in [0.717, 1.165) is 5.56 Å². The number of cyclic esters (lactones) is 1. The maximum Gasteiger partial charge on any atom is 0.329 e. The Kier molecular flexibility index (Phi) is 31.6. The van der Waals surface area contributed by atoms with E-state index < -0.39 is 187 Å². The van der Waals surface area contributed by atoms with Crippen LogP contribution in [0.25, 0.3) is 0 Å². The molecule has 1 saturated heterocycles. The van der Waals surface area contributed by atoms with Crippen LogP contribution in [0.15, 0.2) is 30.3 Å². The van der Waals surface area contributed by atoms with Gasteiger partial charge in [0.15, 0.2) is 0 Å². The lowest BCUT2D eigenvalue weighted by Gasteiger charge is -2.30. The number of hydrogen-bond donors (Lipinski definition) is 14. The largest absolute Gasteiger partial charge is 0.458 e. The van der Waals surface area contributed by atoms with Crippen LogP contribution in [0.3, 0.4) is 0 Å². The summed E-state index contributed by atoms with van der Waals surface area (Å²) in [4.78, 5) is 164. The van der Waals surface area contributed by atoms with Crippen molar-refractivity contribution in [1.29, 1.82) is 0 Å². The van der Waals surface area contributed by atoms with Crippen molar-refractivity contribution in [2.75, 3.05) is 20.3 Å². The van der Waals surface area contributed by atoms with Crippen LogP contribution in [0, 0.1) is 23.7 Å². The minimum atomic E-state index is -1.80. The molecule has 0 spiro atoms. The number of nitrogens with one attached hydrogen (secondary N) is 11. The van der Waals surface area contributed by atoms with Gasteiger partial charge in [-0.1, -0.05) is 118 Å². The van der Waals surface area contributed by atoms with Gasteiger partial charge in [0.2, 0.25) is 65.0 Å². The molecule has 15 atom stereocenters. The fourth-order valence-corrected chi connectivity index (χ4v) is 8.92. The van der Waals surface area contributed by atoms with E-state index in [9.17, 15) is 67.7 Å². The van der Waals surface area contributed by atoms with Crippen molar-refractivity contribution < 1.29 is 72.5 Å². The molecule has 1 aliphatic rings. The second-order valence-corrected chi connectivity index (χ2v) is 22.1. The van der Waals surface area contributed by atoms with Crippen LogP contribution in [0.5, 0.6) is 0 Å².